The number of anilines is 1. The Bertz CT molecular complexity index is 1090. The molecule has 0 spiro atoms. The van der Waals surface area contributed by atoms with Gasteiger partial charge in [0.05, 0.1) is 11.9 Å². The largest absolute Gasteiger partial charge is 0.354 e. The summed E-state index contributed by atoms with van der Waals surface area (Å²) >= 11 is 6.03. The van der Waals surface area contributed by atoms with Crippen molar-refractivity contribution in [1.82, 2.24) is 10.2 Å². The van der Waals surface area contributed by atoms with E-state index in [4.69, 9.17) is 11.6 Å². The van der Waals surface area contributed by atoms with Gasteiger partial charge >= 0.3 is 0 Å². The van der Waals surface area contributed by atoms with E-state index in [-0.39, 0.29) is 24.1 Å². The number of halogens is 2. The van der Waals surface area contributed by atoms with Gasteiger partial charge in [-0.3, -0.25) is 13.9 Å². The molecule has 1 N–H and O–H groups in total. The molecule has 2 amide bonds. The van der Waals surface area contributed by atoms with Crippen molar-refractivity contribution in [3.63, 3.8) is 0 Å². The SMILES string of the molecule is CC[C@@H](C(=O)NCC(C)C)N(Cc1ccc(F)cc1)C(=O)CN(c1cccc(Cl)c1)S(C)(=O)=O. The van der Waals surface area contributed by atoms with E-state index in [1.807, 2.05) is 13.8 Å². The normalized spacial score (nSPS) is 12.3. The molecule has 1 atom stereocenters. The second-order valence-electron chi connectivity index (χ2n) is 8.46. The van der Waals surface area contributed by atoms with Gasteiger partial charge in [-0.15, -0.1) is 0 Å². The van der Waals surface area contributed by atoms with Crippen LogP contribution >= 0.6 is 11.6 Å². The van der Waals surface area contributed by atoms with Crippen LogP contribution in [0, 0.1) is 11.7 Å². The summed E-state index contributed by atoms with van der Waals surface area (Å²) in [5.41, 5.74) is 0.848. The van der Waals surface area contributed by atoms with E-state index < -0.39 is 34.3 Å². The van der Waals surface area contributed by atoms with Crippen LogP contribution in [0.15, 0.2) is 48.5 Å². The predicted molar refractivity (Wildman–Crippen MR) is 133 cm³/mol. The topological polar surface area (TPSA) is 86.8 Å². The van der Waals surface area contributed by atoms with Gasteiger partial charge in [-0.1, -0.05) is 50.6 Å². The molecule has 10 heteroatoms. The summed E-state index contributed by atoms with van der Waals surface area (Å²) in [6, 6.07) is 10.9. The molecule has 0 aliphatic rings. The summed E-state index contributed by atoms with van der Waals surface area (Å²) < 4.78 is 39.4. The number of rotatable bonds is 11. The Balaban J connectivity index is 2.41. The van der Waals surface area contributed by atoms with Gasteiger partial charge in [0.1, 0.15) is 18.4 Å². The molecule has 2 rings (SSSR count). The Kier molecular flexibility index (Phi) is 9.88. The smallest absolute Gasteiger partial charge is 0.244 e. The lowest BCUT2D eigenvalue weighted by Gasteiger charge is -2.33. The fraction of sp³-hybridized carbons (Fsp3) is 0.417. The number of amides is 2. The Morgan fingerprint density at radius 1 is 1.12 bits per heavy atom. The minimum absolute atomic E-state index is 0.0138. The maximum absolute atomic E-state index is 13.5. The average Bonchev–Trinajstić information content (AvgIpc) is 2.76. The molecule has 0 fully saturated rings. The lowest BCUT2D eigenvalue weighted by molar-refractivity contribution is -0.140. The van der Waals surface area contributed by atoms with Crippen molar-refractivity contribution in [2.24, 2.45) is 5.92 Å². The predicted octanol–water partition coefficient (Wildman–Crippen LogP) is 3.82. The first kappa shape index (κ1) is 27.6. The molecular formula is C24H31ClFN3O4S. The number of carbonyl (C=O) groups excluding carboxylic acids is 2. The summed E-state index contributed by atoms with van der Waals surface area (Å²) in [6.45, 7) is 5.62. The van der Waals surface area contributed by atoms with E-state index in [9.17, 15) is 22.4 Å². The molecule has 0 heterocycles. The number of carbonyl (C=O) groups is 2. The Morgan fingerprint density at radius 2 is 1.76 bits per heavy atom. The molecular weight excluding hydrogens is 481 g/mol. The van der Waals surface area contributed by atoms with Crippen LogP contribution in [-0.2, 0) is 26.2 Å². The lowest BCUT2D eigenvalue weighted by Crippen LogP contribution is -2.52. The minimum atomic E-state index is -3.84. The van der Waals surface area contributed by atoms with Gasteiger partial charge in [-0.05, 0) is 48.2 Å². The summed E-state index contributed by atoms with van der Waals surface area (Å²) in [6.07, 6.45) is 1.31. The quantitative estimate of drug-likeness (QED) is 0.497. The standard InChI is InChI=1S/C24H31ClFN3O4S/c1-5-22(24(31)27-14-17(2)3)28(15-18-9-11-20(26)12-10-18)23(30)16-29(34(4,32)33)21-8-6-7-19(25)13-21/h6-13,17,22H,5,14-16H2,1-4H3,(H,27,31)/t22-/m0/s1. The number of hydrogen-bond donors (Lipinski definition) is 1. The summed E-state index contributed by atoms with van der Waals surface area (Å²) in [7, 11) is -3.84. The van der Waals surface area contributed by atoms with Crippen molar-refractivity contribution >= 4 is 39.1 Å². The number of nitrogens with zero attached hydrogens (tertiary/aromatic N) is 2. The maximum atomic E-state index is 13.5. The first-order valence-electron chi connectivity index (χ1n) is 11.0. The Morgan fingerprint density at radius 3 is 2.29 bits per heavy atom. The molecule has 7 nitrogen and oxygen atoms in total. The van der Waals surface area contributed by atoms with Crippen LogP contribution in [0.4, 0.5) is 10.1 Å². The third-order valence-corrected chi connectivity index (χ3v) is 6.49. The molecule has 0 radical (unpaired) electrons. The molecule has 0 saturated carbocycles. The van der Waals surface area contributed by atoms with Crippen LogP contribution in [0.25, 0.3) is 0 Å². The van der Waals surface area contributed by atoms with E-state index in [1.165, 1.54) is 41.3 Å². The van der Waals surface area contributed by atoms with Crippen molar-refractivity contribution < 1.29 is 22.4 Å². The van der Waals surface area contributed by atoms with Crippen molar-refractivity contribution in [3.05, 3.63) is 64.9 Å². The number of sulfonamides is 1. The van der Waals surface area contributed by atoms with E-state index in [0.717, 1.165) is 10.6 Å². The summed E-state index contributed by atoms with van der Waals surface area (Å²) in [4.78, 5) is 27.8. The van der Waals surface area contributed by atoms with Gasteiger partial charge in [-0.25, -0.2) is 12.8 Å². The molecule has 0 bridgehead atoms. The summed E-state index contributed by atoms with van der Waals surface area (Å²) in [5.74, 6) is -1.11. The molecule has 0 unspecified atom stereocenters. The zero-order valence-corrected chi connectivity index (χ0v) is 21.4. The molecule has 2 aromatic rings. The van der Waals surface area contributed by atoms with Crippen molar-refractivity contribution in [2.75, 3.05) is 23.7 Å². The van der Waals surface area contributed by atoms with E-state index in [1.54, 1.807) is 19.1 Å². The Hall–Kier alpha value is -2.65. The minimum Gasteiger partial charge on any atom is -0.354 e. The van der Waals surface area contributed by atoms with E-state index >= 15 is 0 Å². The van der Waals surface area contributed by atoms with Crippen LogP contribution in [-0.4, -0.2) is 50.5 Å². The van der Waals surface area contributed by atoms with E-state index in [0.29, 0.717) is 23.6 Å². The zero-order chi connectivity index (χ0) is 25.5. The molecule has 0 aliphatic carbocycles. The van der Waals surface area contributed by atoms with Crippen molar-refractivity contribution in [2.45, 2.75) is 39.8 Å². The molecule has 34 heavy (non-hydrogen) atoms. The van der Waals surface area contributed by atoms with Gasteiger partial charge in [-0.2, -0.15) is 0 Å². The van der Waals surface area contributed by atoms with E-state index in [2.05, 4.69) is 5.32 Å². The molecule has 186 valence electrons. The molecule has 0 aromatic heterocycles. The number of nitrogens with one attached hydrogen (secondary N) is 1. The first-order chi connectivity index (χ1) is 15.9. The van der Waals surface area contributed by atoms with Crippen LogP contribution in [0.2, 0.25) is 5.02 Å². The highest BCUT2D eigenvalue weighted by Gasteiger charge is 2.31. The first-order valence-corrected chi connectivity index (χ1v) is 13.2. The van der Waals surface area contributed by atoms with Gasteiger partial charge in [0.15, 0.2) is 0 Å². The summed E-state index contributed by atoms with van der Waals surface area (Å²) in [5, 5.41) is 3.16. The molecule has 2 aromatic carbocycles. The van der Waals surface area contributed by atoms with Crippen LogP contribution in [0.1, 0.15) is 32.8 Å². The highest BCUT2D eigenvalue weighted by molar-refractivity contribution is 7.92. The molecule has 0 aliphatic heterocycles. The lowest BCUT2D eigenvalue weighted by atomic mass is 10.1. The van der Waals surface area contributed by atoms with Gasteiger partial charge in [0.2, 0.25) is 21.8 Å². The third-order valence-electron chi connectivity index (χ3n) is 5.11. The fourth-order valence-corrected chi connectivity index (χ4v) is 4.40. The molecule has 0 saturated heterocycles. The highest BCUT2D eigenvalue weighted by atomic mass is 35.5. The monoisotopic (exact) mass is 511 g/mol. The van der Waals surface area contributed by atoms with Gasteiger partial charge in [0, 0.05) is 18.1 Å². The van der Waals surface area contributed by atoms with Crippen molar-refractivity contribution in [1.29, 1.82) is 0 Å². The second-order valence-corrected chi connectivity index (χ2v) is 10.8. The van der Waals surface area contributed by atoms with Gasteiger partial charge < -0.3 is 10.2 Å². The van der Waals surface area contributed by atoms with Gasteiger partial charge in [0.25, 0.3) is 0 Å². The number of benzene rings is 2. The van der Waals surface area contributed by atoms with Crippen molar-refractivity contribution in [3.8, 4) is 0 Å². The fourth-order valence-electron chi connectivity index (χ4n) is 3.37. The second kappa shape index (κ2) is 12.2. The van der Waals surface area contributed by atoms with Crippen LogP contribution in [0.5, 0.6) is 0 Å². The number of hydrogen-bond acceptors (Lipinski definition) is 4. The zero-order valence-electron chi connectivity index (χ0n) is 19.8. The third kappa shape index (κ3) is 7.99. The van der Waals surface area contributed by atoms with Crippen LogP contribution < -0.4 is 9.62 Å². The highest BCUT2D eigenvalue weighted by Crippen LogP contribution is 2.23. The average molecular weight is 512 g/mol. The van der Waals surface area contributed by atoms with Crippen LogP contribution in [0.3, 0.4) is 0 Å². The maximum Gasteiger partial charge on any atom is 0.244 e. The Labute approximate surface area is 205 Å².